The number of aryl methyl sites for hydroxylation is 2. The number of hydrogen-bond acceptors (Lipinski definition) is 2. The van der Waals surface area contributed by atoms with Crippen LogP contribution in [0.1, 0.15) is 67.9 Å². The van der Waals surface area contributed by atoms with E-state index in [1.807, 2.05) is 11.8 Å². The highest BCUT2D eigenvalue weighted by Crippen LogP contribution is 2.34. The average molecular weight is 304 g/mol. The fraction of sp³-hybridized carbons (Fsp3) is 0.765. The van der Waals surface area contributed by atoms with Crippen LogP contribution in [-0.2, 0) is 0 Å². The molecule has 1 aromatic heterocycles. The SMILES string of the molecule is Cc1n[nH]c(C)c1[C@@H]1CCCCCN1C(=O)NCCC1CC1. The molecule has 3 rings (SSSR count). The molecular weight excluding hydrogens is 276 g/mol. The Morgan fingerprint density at radius 2 is 2.09 bits per heavy atom. The molecule has 0 spiro atoms. The maximum atomic E-state index is 12.7. The minimum Gasteiger partial charge on any atom is -0.338 e. The molecule has 2 aliphatic rings. The summed E-state index contributed by atoms with van der Waals surface area (Å²) in [7, 11) is 0. The van der Waals surface area contributed by atoms with Crippen LogP contribution < -0.4 is 5.32 Å². The van der Waals surface area contributed by atoms with Crippen LogP contribution in [0.3, 0.4) is 0 Å². The standard InChI is InChI=1S/C17H28N4O/c1-12-16(13(2)20-19-12)15-6-4-3-5-11-21(15)17(22)18-10-9-14-7-8-14/h14-15H,3-11H2,1-2H3,(H,18,22)(H,19,20)/t15-/m0/s1. The van der Waals surface area contributed by atoms with Crippen LogP contribution in [0.5, 0.6) is 0 Å². The molecule has 2 fully saturated rings. The largest absolute Gasteiger partial charge is 0.338 e. The monoisotopic (exact) mass is 304 g/mol. The van der Waals surface area contributed by atoms with Crippen LogP contribution in [0.2, 0.25) is 0 Å². The number of nitrogens with zero attached hydrogens (tertiary/aromatic N) is 2. The van der Waals surface area contributed by atoms with Gasteiger partial charge in [0.1, 0.15) is 0 Å². The molecule has 0 radical (unpaired) electrons. The predicted molar refractivity (Wildman–Crippen MR) is 86.7 cm³/mol. The molecule has 5 heteroatoms. The minimum absolute atomic E-state index is 0.104. The smallest absolute Gasteiger partial charge is 0.317 e. The number of urea groups is 1. The van der Waals surface area contributed by atoms with Gasteiger partial charge in [-0.15, -0.1) is 0 Å². The third-order valence-electron chi connectivity index (χ3n) is 5.06. The number of nitrogens with one attached hydrogen (secondary N) is 2. The maximum Gasteiger partial charge on any atom is 0.317 e. The van der Waals surface area contributed by atoms with Gasteiger partial charge >= 0.3 is 6.03 Å². The third kappa shape index (κ3) is 3.45. The highest BCUT2D eigenvalue weighted by molar-refractivity contribution is 5.75. The second-order valence-electron chi connectivity index (χ2n) is 6.87. The van der Waals surface area contributed by atoms with Crippen LogP contribution in [0.25, 0.3) is 0 Å². The van der Waals surface area contributed by atoms with E-state index in [2.05, 4.69) is 22.4 Å². The normalized spacial score (nSPS) is 22.5. The summed E-state index contributed by atoms with van der Waals surface area (Å²) >= 11 is 0. The summed E-state index contributed by atoms with van der Waals surface area (Å²) in [5.74, 6) is 0.860. The van der Waals surface area contributed by atoms with E-state index in [4.69, 9.17) is 0 Å². The fourth-order valence-corrected chi connectivity index (χ4v) is 3.59. The molecule has 122 valence electrons. The Kier molecular flexibility index (Phi) is 4.69. The molecule has 1 aromatic rings. The number of hydrogen-bond donors (Lipinski definition) is 2. The molecule has 2 amide bonds. The van der Waals surface area contributed by atoms with Gasteiger partial charge in [0.15, 0.2) is 0 Å². The van der Waals surface area contributed by atoms with Crippen molar-refractivity contribution in [2.75, 3.05) is 13.1 Å². The van der Waals surface area contributed by atoms with Gasteiger partial charge in [-0.3, -0.25) is 5.10 Å². The first-order chi connectivity index (χ1) is 10.7. The number of carbonyl (C=O) groups is 1. The van der Waals surface area contributed by atoms with Crippen LogP contribution in [0.4, 0.5) is 4.79 Å². The van der Waals surface area contributed by atoms with Crippen molar-refractivity contribution >= 4 is 6.03 Å². The quantitative estimate of drug-likeness (QED) is 0.895. The first-order valence-corrected chi connectivity index (χ1v) is 8.72. The van der Waals surface area contributed by atoms with Crippen molar-refractivity contribution < 1.29 is 4.79 Å². The van der Waals surface area contributed by atoms with E-state index in [1.54, 1.807) is 0 Å². The van der Waals surface area contributed by atoms with Gasteiger partial charge in [-0.25, -0.2) is 4.79 Å². The first-order valence-electron chi connectivity index (χ1n) is 8.72. The lowest BCUT2D eigenvalue weighted by Gasteiger charge is -2.30. The van der Waals surface area contributed by atoms with Crippen molar-refractivity contribution in [2.45, 2.75) is 64.8 Å². The Morgan fingerprint density at radius 1 is 1.27 bits per heavy atom. The third-order valence-corrected chi connectivity index (χ3v) is 5.06. The van der Waals surface area contributed by atoms with Crippen LogP contribution >= 0.6 is 0 Å². The second kappa shape index (κ2) is 6.71. The molecule has 0 bridgehead atoms. The topological polar surface area (TPSA) is 61.0 Å². The Labute approximate surface area is 132 Å². The lowest BCUT2D eigenvalue weighted by Crippen LogP contribution is -2.42. The van der Waals surface area contributed by atoms with E-state index in [0.717, 1.165) is 49.7 Å². The van der Waals surface area contributed by atoms with Gasteiger partial charge in [0.25, 0.3) is 0 Å². The molecule has 2 heterocycles. The molecule has 22 heavy (non-hydrogen) atoms. The van der Waals surface area contributed by atoms with E-state index < -0.39 is 0 Å². The van der Waals surface area contributed by atoms with Crippen molar-refractivity contribution in [2.24, 2.45) is 5.92 Å². The molecule has 0 unspecified atom stereocenters. The van der Waals surface area contributed by atoms with Crippen LogP contribution in [0.15, 0.2) is 0 Å². The lowest BCUT2D eigenvalue weighted by atomic mass is 9.99. The van der Waals surface area contributed by atoms with Crippen molar-refractivity contribution in [3.05, 3.63) is 17.0 Å². The zero-order valence-corrected chi connectivity index (χ0v) is 13.8. The minimum atomic E-state index is 0.104. The molecule has 1 atom stereocenters. The van der Waals surface area contributed by atoms with Gasteiger partial charge in [-0.2, -0.15) is 5.10 Å². The summed E-state index contributed by atoms with van der Waals surface area (Å²) in [5, 5.41) is 10.5. The van der Waals surface area contributed by atoms with Gasteiger partial charge in [0.05, 0.1) is 11.7 Å². The summed E-state index contributed by atoms with van der Waals surface area (Å²) in [6.07, 6.45) is 8.35. The van der Waals surface area contributed by atoms with Crippen molar-refractivity contribution in [3.8, 4) is 0 Å². The fourth-order valence-electron chi connectivity index (χ4n) is 3.59. The van der Waals surface area contributed by atoms with E-state index in [1.165, 1.54) is 31.2 Å². The van der Waals surface area contributed by atoms with Crippen molar-refractivity contribution in [1.29, 1.82) is 0 Å². The molecule has 1 saturated carbocycles. The van der Waals surface area contributed by atoms with Gasteiger partial charge in [-0.1, -0.05) is 25.7 Å². The number of aromatic nitrogens is 2. The van der Waals surface area contributed by atoms with E-state index in [9.17, 15) is 4.79 Å². The second-order valence-corrected chi connectivity index (χ2v) is 6.87. The predicted octanol–water partition coefficient (Wildman–Crippen LogP) is 3.45. The number of aromatic amines is 1. The number of H-pyrrole nitrogens is 1. The highest BCUT2D eigenvalue weighted by atomic mass is 16.2. The molecular formula is C17H28N4O. The number of carbonyl (C=O) groups excluding carboxylic acids is 1. The van der Waals surface area contributed by atoms with E-state index in [-0.39, 0.29) is 12.1 Å². The zero-order valence-electron chi connectivity index (χ0n) is 13.8. The van der Waals surface area contributed by atoms with Crippen molar-refractivity contribution in [3.63, 3.8) is 0 Å². The van der Waals surface area contributed by atoms with Crippen LogP contribution in [-0.4, -0.2) is 34.2 Å². The number of amides is 2. The molecule has 0 aromatic carbocycles. The average Bonchev–Trinajstić information content (AvgIpc) is 3.28. The summed E-state index contributed by atoms with van der Waals surface area (Å²) < 4.78 is 0. The first kappa shape index (κ1) is 15.4. The maximum absolute atomic E-state index is 12.7. The summed E-state index contributed by atoms with van der Waals surface area (Å²) in [6, 6.07) is 0.273. The van der Waals surface area contributed by atoms with Gasteiger partial charge in [0.2, 0.25) is 0 Å². The lowest BCUT2D eigenvalue weighted by molar-refractivity contribution is 0.175. The molecule has 1 aliphatic carbocycles. The van der Waals surface area contributed by atoms with E-state index >= 15 is 0 Å². The Morgan fingerprint density at radius 3 is 2.77 bits per heavy atom. The highest BCUT2D eigenvalue weighted by Gasteiger charge is 2.30. The van der Waals surface area contributed by atoms with Gasteiger partial charge in [0, 0.05) is 24.3 Å². The van der Waals surface area contributed by atoms with Gasteiger partial charge < -0.3 is 10.2 Å². The Balaban J connectivity index is 1.70. The number of likely N-dealkylation sites (tertiary alicyclic amines) is 1. The molecule has 5 nitrogen and oxygen atoms in total. The summed E-state index contributed by atoms with van der Waals surface area (Å²) in [5.41, 5.74) is 3.35. The zero-order chi connectivity index (χ0) is 15.5. The van der Waals surface area contributed by atoms with Crippen molar-refractivity contribution in [1.82, 2.24) is 20.4 Å². The van der Waals surface area contributed by atoms with E-state index in [0.29, 0.717) is 0 Å². The Bertz CT molecular complexity index is 501. The number of rotatable bonds is 4. The van der Waals surface area contributed by atoms with Crippen LogP contribution in [0, 0.1) is 19.8 Å². The molecule has 2 N–H and O–H groups in total. The summed E-state index contributed by atoms with van der Waals surface area (Å²) in [4.78, 5) is 14.7. The molecule has 1 saturated heterocycles. The Hall–Kier alpha value is -1.52. The summed E-state index contributed by atoms with van der Waals surface area (Å²) in [6.45, 7) is 5.76. The van der Waals surface area contributed by atoms with Gasteiger partial charge in [-0.05, 0) is 39.0 Å². The molecule has 1 aliphatic heterocycles.